The van der Waals surface area contributed by atoms with E-state index in [4.69, 9.17) is 15.7 Å². The average molecular weight is 364 g/mol. The summed E-state index contributed by atoms with van der Waals surface area (Å²) in [4.78, 5) is 11.7. The predicted molar refractivity (Wildman–Crippen MR) is 102 cm³/mol. The van der Waals surface area contributed by atoms with Gasteiger partial charge in [0.15, 0.2) is 0 Å². The van der Waals surface area contributed by atoms with Crippen molar-refractivity contribution >= 4 is 13.3 Å². The van der Waals surface area contributed by atoms with Crippen LogP contribution in [0.4, 0.5) is 0 Å². The van der Waals surface area contributed by atoms with E-state index in [2.05, 4.69) is 5.92 Å². The van der Waals surface area contributed by atoms with Crippen LogP contribution in [0.5, 0.6) is 0 Å². The van der Waals surface area contributed by atoms with Crippen LogP contribution in [0.1, 0.15) is 52.0 Å². The molecule has 25 heavy (non-hydrogen) atoms. The van der Waals surface area contributed by atoms with Gasteiger partial charge in [-0.05, 0) is 39.2 Å². The summed E-state index contributed by atoms with van der Waals surface area (Å²) in [7, 11) is -2.81. The Hall–Kier alpha value is -1.56. The first kappa shape index (κ1) is 21.5. The van der Waals surface area contributed by atoms with Crippen molar-refractivity contribution in [3.05, 3.63) is 35.9 Å². The van der Waals surface area contributed by atoms with Crippen LogP contribution >= 0.6 is 7.37 Å². The highest BCUT2D eigenvalue weighted by molar-refractivity contribution is 7.59. The Morgan fingerprint density at radius 3 is 2.44 bits per heavy atom. The standard InChI is InChI=1S/C20H29O4P/c1-5-15-25(22,24-20(2,3)4)16-11-7-10-14-19(21)23-17-18-12-8-6-9-13-18/h1,6,8-9,12-13H,7,10-11,14-17H2,2-4H3. The van der Waals surface area contributed by atoms with Gasteiger partial charge in [-0.2, -0.15) is 0 Å². The summed E-state index contributed by atoms with van der Waals surface area (Å²) in [6.45, 7) is 5.92. The fraction of sp³-hybridized carbons (Fsp3) is 0.550. The molecule has 0 bridgehead atoms. The zero-order chi connectivity index (χ0) is 18.8. The molecule has 1 atom stereocenters. The first-order valence-electron chi connectivity index (χ1n) is 8.66. The summed E-state index contributed by atoms with van der Waals surface area (Å²) in [5.74, 6) is 2.25. The van der Waals surface area contributed by atoms with E-state index in [0.717, 1.165) is 18.4 Å². The molecule has 0 aliphatic heterocycles. The molecule has 0 saturated heterocycles. The monoisotopic (exact) mass is 364 g/mol. The molecular formula is C20H29O4P. The molecule has 0 aromatic heterocycles. The normalized spacial score (nSPS) is 13.7. The number of carbonyl (C=O) groups is 1. The SMILES string of the molecule is C#CCP(=O)(CCCCCC(=O)OCc1ccccc1)OC(C)(C)C. The maximum atomic E-state index is 12.7. The average Bonchev–Trinajstić information content (AvgIpc) is 2.52. The second-order valence-electron chi connectivity index (χ2n) is 7.06. The Balaban J connectivity index is 2.24. The summed E-state index contributed by atoms with van der Waals surface area (Å²) in [5.41, 5.74) is 0.499. The second-order valence-corrected chi connectivity index (χ2v) is 9.64. The number of ether oxygens (including phenoxy) is 1. The summed E-state index contributed by atoms with van der Waals surface area (Å²) >= 11 is 0. The lowest BCUT2D eigenvalue weighted by atomic mass is 10.2. The van der Waals surface area contributed by atoms with Crippen LogP contribution in [-0.4, -0.2) is 23.9 Å². The van der Waals surface area contributed by atoms with Gasteiger partial charge in [0.25, 0.3) is 0 Å². The lowest BCUT2D eigenvalue weighted by Gasteiger charge is -2.26. The molecule has 0 aliphatic carbocycles. The van der Waals surface area contributed by atoms with Gasteiger partial charge in [0.1, 0.15) is 6.61 Å². The minimum absolute atomic E-state index is 0.156. The third kappa shape index (κ3) is 10.1. The van der Waals surface area contributed by atoms with Crippen LogP contribution in [0.3, 0.4) is 0 Å². The Kier molecular flexibility index (Phi) is 8.97. The number of benzene rings is 1. The molecule has 1 unspecified atom stereocenters. The molecule has 0 N–H and O–H groups in total. The number of carbonyl (C=O) groups excluding carboxylic acids is 1. The Bertz CT molecular complexity index is 611. The first-order chi connectivity index (χ1) is 11.7. The molecule has 1 aromatic carbocycles. The van der Waals surface area contributed by atoms with Crippen LogP contribution in [0.25, 0.3) is 0 Å². The van der Waals surface area contributed by atoms with Gasteiger partial charge in [-0.15, -0.1) is 6.42 Å². The summed E-state index contributed by atoms with van der Waals surface area (Å²) < 4.78 is 23.7. The van der Waals surface area contributed by atoms with Gasteiger partial charge in [0, 0.05) is 12.6 Å². The van der Waals surface area contributed by atoms with Crippen molar-refractivity contribution in [1.82, 2.24) is 0 Å². The van der Waals surface area contributed by atoms with Crippen molar-refractivity contribution in [1.29, 1.82) is 0 Å². The molecule has 0 saturated carbocycles. The highest BCUT2D eigenvalue weighted by atomic mass is 31.2. The van der Waals surface area contributed by atoms with Gasteiger partial charge >= 0.3 is 5.97 Å². The van der Waals surface area contributed by atoms with Crippen LogP contribution in [0.15, 0.2) is 30.3 Å². The highest BCUT2D eigenvalue weighted by Crippen LogP contribution is 2.50. The van der Waals surface area contributed by atoms with Crippen molar-refractivity contribution in [3.63, 3.8) is 0 Å². The van der Waals surface area contributed by atoms with Gasteiger partial charge in [-0.3, -0.25) is 9.36 Å². The van der Waals surface area contributed by atoms with Crippen LogP contribution in [-0.2, 0) is 25.2 Å². The molecule has 0 fully saturated rings. The molecular weight excluding hydrogens is 335 g/mol. The molecule has 4 nitrogen and oxygen atoms in total. The van der Waals surface area contributed by atoms with E-state index in [9.17, 15) is 9.36 Å². The Morgan fingerprint density at radius 2 is 1.84 bits per heavy atom. The Labute approximate surface area is 151 Å². The van der Waals surface area contributed by atoms with Crippen LogP contribution in [0.2, 0.25) is 0 Å². The number of hydrogen-bond acceptors (Lipinski definition) is 4. The molecule has 0 aliphatic rings. The number of unbranched alkanes of at least 4 members (excludes halogenated alkanes) is 2. The number of esters is 1. The lowest BCUT2D eigenvalue weighted by Crippen LogP contribution is -2.19. The zero-order valence-corrected chi connectivity index (χ0v) is 16.4. The summed E-state index contributed by atoms with van der Waals surface area (Å²) in [6, 6.07) is 9.60. The number of rotatable bonds is 10. The van der Waals surface area contributed by atoms with E-state index in [-0.39, 0.29) is 12.1 Å². The summed E-state index contributed by atoms with van der Waals surface area (Å²) in [5, 5.41) is 0. The van der Waals surface area contributed by atoms with E-state index in [1.165, 1.54) is 0 Å². The topological polar surface area (TPSA) is 52.6 Å². The number of hydrogen-bond donors (Lipinski definition) is 0. The third-order valence-electron chi connectivity index (χ3n) is 3.39. The van der Waals surface area contributed by atoms with Crippen molar-refractivity contribution in [3.8, 4) is 12.3 Å². The highest BCUT2D eigenvalue weighted by Gasteiger charge is 2.28. The van der Waals surface area contributed by atoms with Crippen molar-refractivity contribution in [2.45, 2.75) is 58.7 Å². The van der Waals surface area contributed by atoms with Gasteiger partial charge in [-0.1, -0.05) is 42.7 Å². The molecule has 0 amide bonds. The van der Waals surface area contributed by atoms with Crippen LogP contribution in [0, 0.1) is 12.3 Å². The van der Waals surface area contributed by atoms with Gasteiger partial charge < -0.3 is 9.26 Å². The third-order valence-corrected chi connectivity index (χ3v) is 5.94. The smallest absolute Gasteiger partial charge is 0.306 e. The van der Waals surface area contributed by atoms with Gasteiger partial charge in [0.05, 0.1) is 11.8 Å². The van der Waals surface area contributed by atoms with E-state index >= 15 is 0 Å². The van der Waals surface area contributed by atoms with E-state index in [0.29, 0.717) is 25.6 Å². The molecule has 5 heteroatoms. The van der Waals surface area contributed by atoms with Crippen molar-refractivity contribution < 1.29 is 18.6 Å². The quantitative estimate of drug-likeness (QED) is 0.253. The lowest BCUT2D eigenvalue weighted by molar-refractivity contribution is -0.145. The minimum atomic E-state index is -2.81. The van der Waals surface area contributed by atoms with Crippen molar-refractivity contribution in [2.75, 3.05) is 12.3 Å². The van der Waals surface area contributed by atoms with Gasteiger partial charge in [-0.25, -0.2) is 0 Å². The molecule has 1 rings (SSSR count). The van der Waals surface area contributed by atoms with Crippen molar-refractivity contribution in [2.24, 2.45) is 0 Å². The molecule has 0 spiro atoms. The predicted octanol–water partition coefficient (Wildman–Crippen LogP) is 5.02. The maximum absolute atomic E-state index is 12.7. The fourth-order valence-electron chi connectivity index (χ4n) is 2.40. The first-order valence-corrected chi connectivity index (χ1v) is 10.7. The molecule has 138 valence electrons. The number of terminal acetylenes is 1. The van der Waals surface area contributed by atoms with Gasteiger partial charge in [0.2, 0.25) is 7.37 Å². The largest absolute Gasteiger partial charge is 0.461 e. The zero-order valence-electron chi connectivity index (χ0n) is 15.5. The molecule has 1 aromatic rings. The Morgan fingerprint density at radius 1 is 1.16 bits per heavy atom. The molecule has 0 radical (unpaired) electrons. The van der Waals surface area contributed by atoms with E-state index in [1.807, 2.05) is 51.1 Å². The second kappa shape index (κ2) is 10.4. The van der Waals surface area contributed by atoms with E-state index in [1.54, 1.807) is 0 Å². The summed E-state index contributed by atoms with van der Waals surface area (Å²) in [6.07, 6.45) is 8.52. The van der Waals surface area contributed by atoms with E-state index < -0.39 is 13.0 Å². The van der Waals surface area contributed by atoms with Crippen LogP contribution < -0.4 is 0 Å². The fourth-order valence-corrected chi connectivity index (χ4v) is 4.70. The molecule has 0 heterocycles. The maximum Gasteiger partial charge on any atom is 0.306 e. The minimum Gasteiger partial charge on any atom is -0.461 e.